The highest BCUT2D eigenvalue weighted by atomic mass is 16.6. The topological polar surface area (TPSA) is 328 Å². The van der Waals surface area contributed by atoms with Gasteiger partial charge in [-0.05, 0) is 13.3 Å². The van der Waals surface area contributed by atoms with Gasteiger partial charge >= 0.3 is 0 Å². The zero-order valence-electron chi connectivity index (χ0n) is 27.8. The molecule has 4 aliphatic heterocycles. The Morgan fingerprint density at radius 1 is 0.480 bits per heavy atom. The fourth-order valence-corrected chi connectivity index (χ4v) is 6.74. The third-order valence-electron chi connectivity index (χ3n) is 10.1. The first-order chi connectivity index (χ1) is 23.6. The predicted octanol–water partition coefficient (Wildman–Crippen LogP) is -7.77. The van der Waals surface area contributed by atoms with Crippen molar-refractivity contribution in [3.63, 3.8) is 0 Å². The van der Waals surface area contributed by atoms with Crippen LogP contribution >= 0.6 is 0 Å². The van der Waals surface area contributed by atoms with Gasteiger partial charge in [0.15, 0.2) is 0 Å². The molecule has 13 N–H and O–H groups in total. The van der Waals surface area contributed by atoms with Crippen LogP contribution in [0.25, 0.3) is 0 Å². The van der Waals surface area contributed by atoms with E-state index in [1.165, 1.54) is 6.92 Å². The molecule has 4 saturated heterocycles. The summed E-state index contributed by atoms with van der Waals surface area (Å²) in [5, 5.41) is 135. The Morgan fingerprint density at radius 3 is 1.40 bits per heavy atom. The normalized spacial score (nSPS) is 50.3. The van der Waals surface area contributed by atoms with Crippen LogP contribution in [0.15, 0.2) is 0 Å². The van der Waals surface area contributed by atoms with Crippen LogP contribution in [0, 0.1) is 0 Å². The van der Waals surface area contributed by atoms with Crippen LogP contribution in [-0.2, 0) is 33.2 Å². The van der Waals surface area contributed by atoms with Gasteiger partial charge in [0.05, 0.1) is 52.4 Å². The van der Waals surface area contributed by atoms with Gasteiger partial charge in [0, 0.05) is 0 Å². The summed E-state index contributed by atoms with van der Waals surface area (Å²) in [5.74, 6) is 0. The minimum absolute atomic E-state index is 0.319. The summed E-state index contributed by atoms with van der Waals surface area (Å²) in [6.45, 7) is -0.977. The molecule has 20 heteroatoms. The summed E-state index contributed by atoms with van der Waals surface area (Å²) in [7, 11) is 0. The lowest BCUT2D eigenvalue weighted by atomic mass is 9.84. The van der Waals surface area contributed by atoms with Gasteiger partial charge in [-0.25, -0.2) is 0 Å². The van der Waals surface area contributed by atoms with E-state index in [-0.39, 0.29) is 0 Å². The fourth-order valence-electron chi connectivity index (χ4n) is 6.74. The molecular weight excluding hydrogens is 680 g/mol. The monoisotopic (exact) mass is 734 g/mol. The standard InChI is InChI=1S/C30H54O20/c1-3-11-21(36)27(22(37)13(5-32)47-11)45-9-16-24(39)28(46-10-17-25(40)29(42)30(2,43)18(6-33)50-17)23(38)15(49-16)8-44-7-14-20(35)26(41)19(34)12(4-31)48-14/h11-29,31-43H,3-10H2,1-2H3. The molecule has 0 bridgehead atoms. The Kier molecular flexibility index (Phi) is 15.1. The minimum atomic E-state index is -2.01. The molecule has 0 aliphatic carbocycles. The van der Waals surface area contributed by atoms with Crippen molar-refractivity contribution in [2.75, 3.05) is 46.2 Å². The first kappa shape index (κ1) is 41.9. The maximum Gasteiger partial charge on any atom is 0.119 e. The summed E-state index contributed by atoms with van der Waals surface area (Å²) in [6.07, 6.45) is -26.5. The second kappa shape index (κ2) is 18.0. The summed E-state index contributed by atoms with van der Waals surface area (Å²) >= 11 is 0. The van der Waals surface area contributed by atoms with Gasteiger partial charge in [-0.1, -0.05) is 6.92 Å². The van der Waals surface area contributed by atoms with Gasteiger partial charge in [0.2, 0.25) is 0 Å². The molecule has 4 rings (SSSR count). The lowest BCUT2D eigenvalue weighted by Gasteiger charge is -2.47. The number of hydrogen-bond donors (Lipinski definition) is 13. The molecule has 50 heavy (non-hydrogen) atoms. The molecule has 20 atom stereocenters. The van der Waals surface area contributed by atoms with E-state index in [9.17, 15) is 66.4 Å². The summed E-state index contributed by atoms with van der Waals surface area (Å²) in [5.41, 5.74) is -2.01. The lowest BCUT2D eigenvalue weighted by molar-refractivity contribution is -0.297. The Labute approximate surface area is 287 Å². The van der Waals surface area contributed by atoms with Gasteiger partial charge in [0.1, 0.15) is 115 Å². The summed E-state index contributed by atoms with van der Waals surface area (Å²) < 4.78 is 39.7. The van der Waals surface area contributed by atoms with Gasteiger partial charge in [0.25, 0.3) is 0 Å². The van der Waals surface area contributed by atoms with Crippen molar-refractivity contribution >= 4 is 0 Å². The van der Waals surface area contributed by atoms with Crippen molar-refractivity contribution < 1.29 is 99.5 Å². The molecule has 0 saturated carbocycles. The largest absolute Gasteiger partial charge is 0.394 e. The number of hydrogen-bond acceptors (Lipinski definition) is 20. The van der Waals surface area contributed by atoms with Crippen LogP contribution < -0.4 is 0 Å². The average Bonchev–Trinajstić information content (AvgIpc) is 3.09. The SMILES string of the molecule is CCC1OC(CO)C(O)C(OCC2OC(COCC3OC(CO)C(O)C(O)C3O)C(O)C(OCC3OC(CO)C(C)(O)C(O)C3O)C2O)C1O. The Hall–Kier alpha value is -0.800. The zero-order chi connectivity index (χ0) is 37.1. The Morgan fingerprint density at radius 2 is 0.880 bits per heavy atom. The molecule has 0 aromatic heterocycles. The Balaban J connectivity index is 1.48. The predicted molar refractivity (Wildman–Crippen MR) is 161 cm³/mol. The Bertz CT molecular complexity index is 1000. The molecule has 0 aromatic rings. The van der Waals surface area contributed by atoms with Crippen molar-refractivity contribution in [1.82, 2.24) is 0 Å². The van der Waals surface area contributed by atoms with Crippen LogP contribution in [0.1, 0.15) is 20.3 Å². The molecule has 4 heterocycles. The van der Waals surface area contributed by atoms with Crippen LogP contribution in [0.3, 0.4) is 0 Å². The average molecular weight is 735 g/mol. The summed E-state index contributed by atoms with van der Waals surface area (Å²) in [6, 6.07) is 0. The zero-order valence-corrected chi connectivity index (χ0v) is 27.8. The van der Waals surface area contributed by atoms with E-state index >= 15 is 0 Å². The van der Waals surface area contributed by atoms with E-state index in [1.54, 1.807) is 6.92 Å². The molecule has 294 valence electrons. The van der Waals surface area contributed by atoms with Crippen LogP contribution in [0.4, 0.5) is 0 Å². The van der Waals surface area contributed by atoms with Crippen molar-refractivity contribution in [1.29, 1.82) is 0 Å². The van der Waals surface area contributed by atoms with Crippen molar-refractivity contribution in [2.24, 2.45) is 0 Å². The molecule has 4 aliphatic rings. The second-order valence-corrected chi connectivity index (χ2v) is 13.5. The summed E-state index contributed by atoms with van der Waals surface area (Å²) in [4.78, 5) is 0. The van der Waals surface area contributed by atoms with Gasteiger partial charge in [-0.2, -0.15) is 0 Å². The van der Waals surface area contributed by atoms with Gasteiger partial charge < -0.3 is 99.5 Å². The molecular formula is C30H54O20. The highest BCUT2D eigenvalue weighted by Crippen LogP contribution is 2.32. The van der Waals surface area contributed by atoms with Gasteiger partial charge in [-0.3, -0.25) is 0 Å². The van der Waals surface area contributed by atoms with Crippen LogP contribution in [0.2, 0.25) is 0 Å². The highest BCUT2D eigenvalue weighted by Gasteiger charge is 2.53. The number of ether oxygens (including phenoxy) is 7. The molecule has 0 spiro atoms. The van der Waals surface area contributed by atoms with Gasteiger partial charge in [-0.15, -0.1) is 0 Å². The fraction of sp³-hybridized carbons (Fsp3) is 1.00. The van der Waals surface area contributed by atoms with Crippen LogP contribution in [-0.4, -0.2) is 234 Å². The van der Waals surface area contributed by atoms with Crippen molar-refractivity contribution in [2.45, 2.75) is 142 Å². The molecule has 20 nitrogen and oxygen atoms in total. The minimum Gasteiger partial charge on any atom is -0.394 e. The number of rotatable bonds is 14. The first-order valence-electron chi connectivity index (χ1n) is 16.7. The van der Waals surface area contributed by atoms with Crippen LogP contribution in [0.5, 0.6) is 0 Å². The number of aliphatic hydroxyl groups excluding tert-OH is 12. The molecule has 0 aromatic carbocycles. The molecule has 0 radical (unpaired) electrons. The first-order valence-corrected chi connectivity index (χ1v) is 16.7. The van der Waals surface area contributed by atoms with Crippen molar-refractivity contribution in [3.05, 3.63) is 0 Å². The third-order valence-corrected chi connectivity index (χ3v) is 10.1. The molecule has 20 unspecified atom stereocenters. The van der Waals surface area contributed by atoms with E-state index in [0.29, 0.717) is 6.42 Å². The maximum atomic E-state index is 11.3. The second-order valence-electron chi connectivity index (χ2n) is 13.5. The van der Waals surface area contributed by atoms with Crippen molar-refractivity contribution in [3.8, 4) is 0 Å². The number of aliphatic hydroxyl groups is 13. The lowest BCUT2D eigenvalue weighted by Crippen LogP contribution is -2.67. The highest BCUT2D eigenvalue weighted by molar-refractivity contribution is 5.02. The van der Waals surface area contributed by atoms with E-state index in [2.05, 4.69) is 0 Å². The van der Waals surface area contributed by atoms with E-state index in [0.717, 1.165) is 0 Å². The van der Waals surface area contributed by atoms with E-state index in [1.807, 2.05) is 0 Å². The quantitative estimate of drug-likeness (QED) is 0.0788. The maximum absolute atomic E-state index is 11.3. The third kappa shape index (κ3) is 8.77. The van der Waals surface area contributed by atoms with E-state index in [4.69, 9.17) is 33.2 Å². The molecule has 4 fully saturated rings. The smallest absolute Gasteiger partial charge is 0.119 e. The molecule has 0 amide bonds. The van der Waals surface area contributed by atoms with E-state index < -0.39 is 168 Å².